The highest BCUT2D eigenvalue weighted by atomic mass is 16.5. The molecule has 2 aromatic carbocycles. The molecule has 0 saturated heterocycles. The van der Waals surface area contributed by atoms with Crippen LogP contribution in [-0.4, -0.2) is 18.4 Å². The van der Waals surface area contributed by atoms with Gasteiger partial charge in [0.15, 0.2) is 0 Å². The Balaban J connectivity index is 1.86. The summed E-state index contributed by atoms with van der Waals surface area (Å²) < 4.78 is 5.34. The van der Waals surface area contributed by atoms with Crippen LogP contribution in [0.1, 0.15) is 24.5 Å². The van der Waals surface area contributed by atoms with Gasteiger partial charge in [-0.2, -0.15) is 0 Å². The quantitative estimate of drug-likeness (QED) is 0.796. The summed E-state index contributed by atoms with van der Waals surface area (Å²) in [5.74, 6) is 0.0326. The average Bonchev–Trinajstić information content (AvgIpc) is 2.53. The molecule has 24 heavy (non-hydrogen) atoms. The molecule has 0 unspecified atom stereocenters. The third kappa shape index (κ3) is 5.12. The van der Waals surface area contributed by atoms with Crippen LogP contribution in [0.4, 0.5) is 11.4 Å². The van der Waals surface area contributed by atoms with Crippen LogP contribution in [0.2, 0.25) is 0 Å². The first-order valence-electron chi connectivity index (χ1n) is 7.87. The molecule has 0 radical (unpaired) electrons. The number of nitrogens with one attached hydrogen (secondary N) is 2. The fraction of sp³-hybridized carbons (Fsp3) is 0.263. The molecule has 0 bridgehead atoms. The molecule has 0 aliphatic heterocycles. The Bertz CT molecular complexity index is 724. The van der Waals surface area contributed by atoms with E-state index in [-0.39, 0.29) is 18.2 Å². The van der Waals surface area contributed by atoms with Gasteiger partial charge in [0.2, 0.25) is 11.8 Å². The number of carbonyl (C=O) groups excluding carboxylic acids is 2. The lowest BCUT2D eigenvalue weighted by Gasteiger charge is -2.09. The fourth-order valence-corrected chi connectivity index (χ4v) is 2.18. The first kappa shape index (κ1) is 17.5. The summed E-state index contributed by atoms with van der Waals surface area (Å²) in [5.41, 5.74) is 3.56. The molecule has 2 amide bonds. The Hall–Kier alpha value is -2.82. The Labute approximate surface area is 142 Å². The highest BCUT2D eigenvalue weighted by molar-refractivity contribution is 6.08. The van der Waals surface area contributed by atoms with Gasteiger partial charge in [-0.3, -0.25) is 9.59 Å². The molecule has 2 rings (SSSR count). The standard InChI is InChI=1S/C19H22N2O3/c1-4-24-17-9-7-15(8-10-17)20-18(22)12-19(23)21-16-6-5-13(2)14(3)11-16/h5-11H,4,12H2,1-3H3,(H,20,22)(H,21,23). The summed E-state index contributed by atoms with van der Waals surface area (Å²) in [6.07, 6.45) is -0.236. The molecule has 0 aliphatic carbocycles. The molecule has 0 atom stereocenters. The minimum Gasteiger partial charge on any atom is -0.494 e. The van der Waals surface area contributed by atoms with Crippen LogP contribution in [0, 0.1) is 13.8 Å². The molecule has 0 saturated carbocycles. The smallest absolute Gasteiger partial charge is 0.233 e. The van der Waals surface area contributed by atoms with E-state index in [0.717, 1.165) is 16.9 Å². The third-order valence-electron chi connectivity index (χ3n) is 3.56. The number of hydrogen-bond donors (Lipinski definition) is 2. The van der Waals surface area contributed by atoms with Crippen molar-refractivity contribution in [3.05, 3.63) is 53.6 Å². The lowest BCUT2D eigenvalue weighted by molar-refractivity contribution is -0.123. The summed E-state index contributed by atoms with van der Waals surface area (Å²) in [4.78, 5) is 23.9. The Morgan fingerprint density at radius 1 is 0.875 bits per heavy atom. The van der Waals surface area contributed by atoms with E-state index in [9.17, 15) is 9.59 Å². The van der Waals surface area contributed by atoms with Gasteiger partial charge >= 0.3 is 0 Å². The van der Waals surface area contributed by atoms with Gasteiger partial charge < -0.3 is 15.4 Å². The first-order chi connectivity index (χ1) is 11.5. The van der Waals surface area contributed by atoms with Crippen molar-refractivity contribution in [1.82, 2.24) is 0 Å². The number of carbonyl (C=O) groups is 2. The van der Waals surface area contributed by atoms with E-state index < -0.39 is 0 Å². The van der Waals surface area contributed by atoms with Crippen LogP contribution in [0.3, 0.4) is 0 Å². The second kappa shape index (κ2) is 8.15. The number of hydrogen-bond acceptors (Lipinski definition) is 3. The van der Waals surface area contributed by atoms with E-state index in [4.69, 9.17) is 4.74 Å². The molecule has 126 valence electrons. The van der Waals surface area contributed by atoms with Gasteiger partial charge in [-0.1, -0.05) is 6.07 Å². The topological polar surface area (TPSA) is 67.4 Å². The minimum absolute atomic E-state index is 0.236. The lowest BCUT2D eigenvalue weighted by Crippen LogP contribution is -2.21. The van der Waals surface area contributed by atoms with E-state index in [1.165, 1.54) is 0 Å². The zero-order valence-corrected chi connectivity index (χ0v) is 14.2. The van der Waals surface area contributed by atoms with Crippen LogP contribution in [-0.2, 0) is 9.59 Å². The van der Waals surface area contributed by atoms with Crippen molar-refractivity contribution in [2.45, 2.75) is 27.2 Å². The Morgan fingerprint density at radius 2 is 1.46 bits per heavy atom. The third-order valence-corrected chi connectivity index (χ3v) is 3.56. The lowest BCUT2D eigenvalue weighted by atomic mass is 10.1. The molecule has 5 nitrogen and oxygen atoms in total. The molecule has 0 heterocycles. The van der Waals surface area contributed by atoms with Gasteiger partial charge in [0.05, 0.1) is 6.61 Å². The number of rotatable bonds is 6. The van der Waals surface area contributed by atoms with Crippen LogP contribution in [0.25, 0.3) is 0 Å². The largest absolute Gasteiger partial charge is 0.494 e. The van der Waals surface area contributed by atoms with Crippen molar-refractivity contribution in [3.8, 4) is 5.75 Å². The Kier molecular flexibility index (Phi) is 5.95. The van der Waals surface area contributed by atoms with Gasteiger partial charge in [0, 0.05) is 11.4 Å². The summed E-state index contributed by atoms with van der Waals surface area (Å²) in [5, 5.41) is 5.43. The minimum atomic E-state index is -0.361. The predicted molar refractivity (Wildman–Crippen MR) is 95.4 cm³/mol. The second-order valence-electron chi connectivity index (χ2n) is 5.53. The number of amides is 2. The number of anilines is 2. The average molecular weight is 326 g/mol. The summed E-state index contributed by atoms with van der Waals surface area (Å²) >= 11 is 0. The van der Waals surface area contributed by atoms with Crippen molar-refractivity contribution < 1.29 is 14.3 Å². The molecule has 2 aromatic rings. The zero-order valence-electron chi connectivity index (χ0n) is 14.2. The molecule has 0 fully saturated rings. The molecule has 5 heteroatoms. The zero-order chi connectivity index (χ0) is 17.5. The first-order valence-corrected chi connectivity index (χ1v) is 7.87. The van der Waals surface area contributed by atoms with Gasteiger partial charge in [0.1, 0.15) is 12.2 Å². The van der Waals surface area contributed by atoms with Gasteiger partial charge in [-0.15, -0.1) is 0 Å². The maximum Gasteiger partial charge on any atom is 0.233 e. The highest BCUT2D eigenvalue weighted by Crippen LogP contribution is 2.16. The molecular formula is C19H22N2O3. The van der Waals surface area contributed by atoms with Crippen molar-refractivity contribution >= 4 is 23.2 Å². The van der Waals surface area contributed by atoms with E-state index in [2.05, 4.69) is 10.6 Å². The maximum absolute atomic E-state index is 12.0. The SMILES string of the molecule is CCOc1ccc(NC(=O)CC(=O)Nc2ccc(C)c(C)c2)cc1. The summed E-state index contributed by atoms with van der Waals surface area (Å²) in [7, 11) is 0. The van der Waals surface area contributed by atoms with Gasteiger partial charge in [-0.05, 0) is 68.3 Å². The number of benzene rings is 2. The van der Waals surface area contributed by atoms with E-state index in [1.54, 1.807) is 24.3 Å². The summed E-state index contributed by atoms with van der Waals surface area (Å²) in [6, 6.07) is 12.7. The van der Waals surface area contributed by atoms with Crippen LogP contribution >= 0.6 is 0 Å². The van der Waals surface area contributed by atoms with Gasteiger partial charge in [0.25, 0.3) is 0 Å². The fourth-order valence-electron chi connectivity index (χ4n) is 2.18. The van der Waals surface area contributed by atoms with Crippen LogP contribution in [0.15, 0.2) is 42.5 Å². The predicted octanol–water partition coefficient (Wildman–Crippen LogP) is 3.67. The number of aryl methyl sites for hydroxylation is 2. The molecule has 2 N–H and O–H groups in total. The summed E-state index contributed by atoms with van der Waals surface area (Å²) in [6.45, 7) is 6.48. The highest BCUT2D eigenvalue weighted by Gasteiger charge is 2.10. The van der Waals surface area contributed by atoms with Crippen molar-refractivity contribution in [3.63, 3.8) is 0 Å². The second-order valence-corrected chi connectivity index (χ2v) is 5.53. The van der Waals surface area contributed by atoms with Gasteiger partial charge in [-0.25, -0.2) is 0 Å². The molecule has 0 spiro atoms. The molecule has 0 aliphatic rings. The molecule has 0 aromatic heterocycles. The van der Waals surface area contributed by atoms with E-state index >= 15 is 0 Å². The number of ether oxygens (including phenoxy) is 1. The normalized spacial score (nSPS) is 10.1. The van der Waals surface area contributed by atoms with Crippen LogP contribution in [0.5, 0.6) is 5.75 Å². The maximum atomic E-state index is 12.0. The molecular weight excluding hydrogens is 304 g/mol. The van der Waals surface area contributed by atoms with Crippen molar-refractivity contribution in [1.29, 1.82) is 0 Å². The van der Waals surface area contributed by atoms with Crippen molar-refractivity contribution in [2.24, 2.45) is 0 Å². The Morgan fingerprint density at radius 3 is 2.04 bits per heavy atom. The monoisotopic (exact) mass is 326 g/mol. The van der Waals surface area contributed by atoms with E-state index in [0.29, 0.717) is 18.0 Å². The van der Waals surface area contributed by atoms with Crippen molar-refractivity contribution in [2.75, 3.05) is 17.2 Å². The van der Waals surface area contributed by atoms with E-state index in [1.807, 2.05) is 39.0 Å². The van der Waals surface area contributed by atoms with Crippen LogP contribution < -0.4 is 15.4 Å².